The smallest absolute Gasteiger partial charge is 0.253 e. The molecular formula is C19H24Cl2N4O2. The van der Waals surface area contributed by atoms with Gasteiger partial charge in [-0.25, -0.2) is 0 Å². The summed E-state index contributed by atoms with van der Waals surface area (Å²) in [6, 6.07) is 10.8. The zero-order valence-corrected chi connectivity index (χ0v) is 16.4. The zero-order chi connectivity index (χ0) is 17.6. The van der Waals surface area contributed by atoms with Crippen LogP contribution in [0, 0.1) is 5.92 Å². The molecule has 0 saturated heterocycles. The lowest BCUT2D eigenvalue weighted by Gasteiger charge is -2.14. The second-order valence-electron chi connectivity index (χ2n) is 6.35. The van der Waals surface area contributed by atoms with Crippen molar-refractivity contribution in [1.29, 1.82) is 0 Å². The summed E-state index contributed by atoms with van der Waals surface area (Å²) in [7, 11) is 0. The largest absolute Gasteiger partial charge is 0.348 e. The Kier molecular flexibility index (Phi) is 9.21. The number of carbonyl (C=O) groups excluding carboxylic acids is 2. The van der Waals surface area contributed by atoms with Crippen molar-refractivity contribution in [3.05, 3.63) is 59.9 Å². The second kappa shape index (κ2) is 10.9. The van der Waals surface area contributed by atoms with E-state index in [1.807, 2.05) is 12.1 Å². The maximum absolute atomic E-state index is 12.5. The van der Waals surface area contributed by atoms with Crippen LogP contribution in [0.1, 0.15) is 35.2 Å². The van der Waals surface area contributed by atoms with Crippen LogP contribution in [0.5, 0.6) is 0 Å². The van der Waals surface area contributed by atoms with Crippen molar-refractivity contribution in [2.24, 2.45) is 11.7 Å². The van der Waals surface area contributed by atoms with Crippen LogP contribution < -0.4 is 16.4 Å². The molecule has 4 N–H and O–H groups in total. The highest BCUT2D eigenvalue weighted by molar-refractivity contribution is 6.04. The van der Waals surface area contributed by atoms with E-state index in [2.05, 4.69) is 15.6 Å². The first-order valence-corrected chi connectivity index (χ1v) is 8.46. The van der Waals surface area contributed by atoms with Crippen LogP contribution >= 0.6 is 24.8 Å². The summed E-state index contributed by atoms with van der Waals surface area (Å²) < 4.78 is 0. The normalized spacial score (nSPS) is 18.0. The third kappa shape index (κ3) is 6.20. The summed E-state index contributed by atoms with van der Waals surface area (Å²) in [6.07, 6.45) is 5.75. The third-order valence-corrected chi connectivity index (χ3v) is 4.45. The number of hydrogen-bond donors (Lipinski definition) is 3. The number of amides is 2. The molecule has 2 amide bonds. The Morgan fingerprint density at radius 1 is 1.11 bits per heavy atom. The van der Waals surface area contributed by atoms with Crippen LogP contribution in [0.25, 0.3) is 0 Å². The lowest BCUT2D eigenvalue weighted by molar-refractivity contribution is -0.119. The highest BCUT2D eigenvalue weighted by atomic mass is 35.5. The molecule has 1 heterocycles. The van der Waals surface area contributed by atoms with Gasteiger partial charge in [0.05, 0.1) is 11.3 Å². The van der Waals surface area contributed by atoms with Crippen LogP contribution in [-0.4, -0.2) is 22.8 Å². The monoisotopic (exact) mass is 410 g/mol. The molecule has 0 aliphatic heterocycles. The SMILES string of the molecule is Cl.Cl.NC1CCC(C(=O)Nc2ccccc2C(=O)NCc2cccnc2)C1. The van der Waals surface area contributed by atoms with Crippen LogP contribution in [-0.2, 0) is 11.3 Å². The Morgan fingerprint density at radius 2 is 1.89 bits per heavy atom. The number of anilines is 1. The number of para-hydroxylation sites is 1. The van der Waals surface area contributed by atoms with Gasteiger partial charge in [-0.1, -0.05) is 18.2 Å². The average Bonchev–Trinajstić information content (AvgIpc) is 3.07. The van der Waals surface area contributed by atoms with Gasteiger partial charge >= 0.3 is 0 Å². The molecule has 0 bridgehead atoms. The molecular weight excluding hydrogens is 387 g/mol. The first-order valence-electron chi connectivity index (χ1n) is 8.46. The molecule has 0 spiro atoms. The molecule has 1 aromatic carbocycles. The van der Waals surface area contributed by atoms with E-state index in [-0.39, 0.29) is 48.6 Å². The number of halogens is 2. The van der Waals surface area contributed by atoms with E-state index in [4.69, 9.17) is 5.73 Å². The number of carbonyl (C=O) groups is 2. The summed E-state index contributed by atoms with van der Waals surface area (Å²) in [5.74, 6) is -0.384. The maximum Gasteiger partial charge on any atom is 0.253 e. The predicted molar refractivity (Wildman–Crippen MR) is 110 cm³/mol. The fourth-order valence-electron chi connectivity index (χ4n) is 3.06. The molecule has 1 aliphatic rings. The summed E-state index contributed by atoms with van der Waals surface area (Å²) in [5, 5.41) is 5.74. The van der Waals surface area contributed by atoms with Crippen molar-refractivity contribution in [2.45, 2.75) is 31.8 Å². The number of aromatic nitrogens is 1. The lowest BCUT2D eigenvalue weighted by atomic mass is 10.1. The van der Waals surface area contributed by atoms with Gasteiger partial charge in [0.1, 0.15) is 0 Å². The minimum Gasteiger partial charge on any atom is -0.348 e. The molecule has 1 aromatic heterocycles. The molecule has 2 unspecified atom stereocenters. The van der Waals surface area contributed by atoms with Crippen LogP contribution in [0.15, 0.2) is 48.8 Å². The lowest BCUT2D eigenvalue weighted by Crippen LogP contribution is -2.27. The van der Waals surface area contributed by atoms with Gasteiger partial charge in [-0.15, -0.1) is 24.8 Å². The molecule has 2 atom stereocenters. The van der Waals surface area contributed by atoms with Gasteiger partial charge < -0.3 is 16.4 Å². The number of pyridine rings is 1. The van der Waals surface area contributed by atoms with Gasteiger partial charge in [-0.2, -0.15) is 0 Å². The van der Waals surface area contributed by atoms with Crippen molar-refractivity contribution in [3.8, 4) is 0 Å². The quantitative estimate of drug-likeness (QED) is 0.705. The average molecular weight is 411 g/mol. The predicted octanol–water partition coefficient (Wildman–Crippen LogP) is 2.92. The van der Waals surface area contributed by atoms with Crippen molar-refractivity contribution in [1.82, 2.24) is 10.3 Å². The molecule has 2 aromatic rings. The first-order chi connectivity index (χ1) is 12.1. The summed E-state index contributed by atoms with van der Waals surface area (Å²) in [4.78, 5) is 28.9. The van der Waals surface area contributed by atoms with E-state index in [0.717, 1.165) is 18.4 Å². The number of rotatable bonds is 5. The van der Waals surface area contributed by atoms with Gasteiger partial charge in [-0.3, -0.25) is 14.6 Å². The van der Waals surface area contributed by atoms with Crippen molar-refractivity contribution >= 4 is 42.3 Å². The molecule has 3 rings (SSSR count). The molecule has 27 heavy (non-hydrogen) atoms. The first kappa shape index (κ1) is 22.9. The minimum atomic E-state index is -0.233. The Bertz CT molecular complexity index is 758. The van der Waals surface area contributed by atoms with E-state index < -0.39 is 0 Å². The Balaban J connectivity index is 0.00000182. The van der Waals surface area contributed by atoms with Gasteiger partial charge in [0.15, 0.2) is 0 Å². The van der Waals surface area contributed by atoms with Gasteiger partial charge in [-0.05, 0) is 43.0 Å². The van der Waals surface area contributed by atoms with Gasteiger partial charge in [0.25, 0.3) is 5.91 Å². The molecule has 146 valence electrons. The second-order valence-corrected chi connectivity index (χ2v) is 6.35. The topological polar surface area (TPSA) is 97.1 Å². The minimum absolute atomic E-state index is 0. The fourth-order valence-corrected chi connectivity index (χ4v) is 3.06. The Morgan fingerprint density at radius 3 is 2.56 bits per heavy atom. The van der Waals surface area contributed by atoms with Gasteiger partial charge in [0, 0.05) is 30.9 Å². The summed E-state index contributed by atoms with van der Waals surface area (Å²) >= 11 is 0. The number of hydrogen-bond acceptors (Lipinski definition) is 4. The molecule has 6 nitrogen and oxygen atoms in total. The van der Waals surface area contributed by atoms with E-state index in [0.29, 0.717) is 24.2 Å². The Labute approximate surface area is 171 Å². The Hall–Kier alpha value is -2.15. The van der Waals surface area contributed by atoms with Crippen molar-refractivity contribution in [3.63, 3.8) is 0 Å². The number of benzene rings is 1. The van der Waals surface area contributed by atoms with Gasteiger partial charge in [0.2, 0.25) is 5.91 Å². The van der Waals surface area contributed by atoms with Crippen LogP contribution in [0.3, 0.4) is 0 Å². The third-order valence-electron chi connectivity index (χ3n) is 4.45. The molecule has 1 aliphatic carbocycles. The molecule has 1 saturated carbocycles. The standard InChI is InChI=1S/C19H22N4O2.2ClH/c20-15-8-7-14(10-15)18(24)23-17-6-2-1-5-16(17)19(25)22-12-13-4-3-9-21-11-13;;/h1-6,9,11,14-15H,7-8,10,12,20H2,(H,22,25)(H,23,24);2*1H. The fraction of sp³-hybridized carbons (Fsp3) is 0.316. The number of nitrogens with one attached hydrogen (secondary N) is 2. The van der Waals surface area contributed by atoms with Crippen molar-refractivity contribution < 1.29 is 9.59 Å². The number of nitrogens with two attached hydrogens (primary N) is 1. The van der Waals surface area contributed by atoms with Crippen LogP contribution in [0.4, 0.5) is 5.69 Å². The van der Waals surface area contributed by atoms with E-state index in [1.54, 1.807) is 36.7 Å². The van der Waals surface area contributed by atoms with Crippen LogP contribution in [0.2, 0.25) is 0 Å². The highest BCUT2D eigenvalue weighted by Crippen LogP contribution is 2.26. The zero-order valence-electron chi connectivity index (χ0n) is 14.8. The van der Waals surface area contributed by atoms with E-state index in [1.165, 1.54) is 0 Å². The van der Waals surface area contributed by atoms with E-state index in [9.17, 15) is 9.59 Å². The van der Waals surface area contributed by atoms with E-state index >= 15 is 0 Å². The number of nitrogens with zero attached hydrogens (tertiary/aromatic N) is 1. The summed E-state index contributed by atoms with van der Waals surface area (Å²) in [5.41, 5.74) is 7.77. The summed E-state index contributed by atoms with van der Waals surface area (Å²) in [6.45, 7) is 0.381. The van der Waals surface area contributed by atoms with Crippen molar-refractivity contribution in [2.75, 3.05) is 5.32 Å². The molecule has 1 fully saturated rings. The molecule has 0 radical (unpaired) electrons. The highest BCUT2D eigenvalue weighted by Gasteiger charge is 2.28. The molecule has 8 heteroatoms. The maximum atomic E-state index is 12.5.